The predicted molar refractivity (Wildman–Crippen MR) is 242 cm³/mol. The maximum absolute atomic E-state index is 14.5. The van der Waals surface area contributed by atoms with Crippen molar-refractivity contribution in [3.8, 4) is 0 Å². The van der Waals surface area contributed by atoms with E-state index in [0.717, 1.165) is 5.56 Å². The number of amides is 2. The molecule has 18 nitrogen and oxygen atoms in total. The molecule has 0 bridgehead atoms. The van der Waals surface area contributed by atoms with Gasteiger partial charge in [-0.15, -0.1) is 0 Å². The Morgan fingerprint density at radius 2 is 1.59 bits per heavy atom. The number of aliphatic hydroxyl groups excluding tert-OH is 1. The minimum absolute atomic E-state index is 0.147. The molecule has 66 heavy (non-hydrogen) atoms. The van der Waals surface area contributed by atoms with Crippen LogP contribution in [0.3, 0.4) is 0 Å². The molecule has 0 aromatic heterocycles. The number of carbonyl (C=O) groups is 4. The molecule has 1 aromatic rings. The van der Waals surface area contributed by atoms with Crippen LogP contribution in [0.4, 0.5) is 9.59 Å². The summed E-state index contributed by atoms with van der Waals surface area (Å²) >= 11 is 0. The second-order valence-corrected chi connectivity index (χ2v) is 20.2. The van der Waals surface area contributed by atoms with Crippen LogP contribution in [0, 0.1) is 23.2 Å². The number of hydrogen-bond donors (Lipinski definition) is 4. The van der Waals surface area contributed by atoms with Gasteiger partial charge in [-0.25, -0.2) is 15.0 Å². The van der Waals surface area contributed by atoms with E-state index in [9.17, 15) is 29.4 Å². The van der Waals surface area contributed by atoms with E-state index in [4.69, 9.17) is 37.9 Å². The standard InChI is InChI=1S/C48H76N4O14/c1-14-34-40-39(63-46(57)64-40)30(6)52(13)25-26(2)23-48(10,58)41(65-44-37(54)33(51(11)12)22-27(3)59-44)28(4)38(29(5)43(55)61-34)62-36-24-47(8,9)42(31(7)60-36)66-45(56)50-49-35(53)21-20-32-18-16-15-17-19-32/h15-21,26-31,33-34,36-42,44,54,58H,14,22-25H2,1-13H3,(H,49,53)(H,50,56)/b21-20+/t26-,27-,28+,29-,30-,31+,33+,34-,36+,37-,38+,39-,40+,41-,42+,44+,48+/m1/s1. The Labute approximate surface area is 390 Å². The van der Waals surface area contributed by atoms with Crippen LogP contribution >= 0.6 is 0 Å². The van der Waals surface area contributed by atoms with E-state index in [1.165, 1.54) is 6.08 Å². The first kappa shape index (κ1) is 53.1. The van der Waals surface area contributed by atoms with Crippen LogP contribution in [-0.2, 0) is 47.5 Å². The number of hydrogen-bond acceptors (Lipinski definition) is 16. The van der Waals surface area contributed by atoms with Crippen LogP contribution in [0.5, 0.6) is 0 Å². The van der Waals surface area contributed by atoms with Crippen LogP contribution in [0.15, 0.2) is 36.4 Å². The van der Waals surface area contributed by atoms with Gasteiger partial charge in [0.25, 0.3) is 5.91 Å². The number of esters is 1. The molecule has 372 valence electrons. The monoisotopic (exact) mass is 933 g/mol. The third-order valence-corrected chi connectivity index (χ3v) is 13.7. The Morgan fingerprint density at radius 1 is 0.924 bits per heavy atom. The third-order valence-electron chi connectivity index (χ3n) is 13.7. The van der Waals surface area contributed by atoms with Crippen molar-refractivity contribution in [2.45, 2.75) is 180 Å². The summed E-state index contributed by atoms with van der Waals surface area (Å²) in [5.41, 5.74) is 3.08. The number of nitrogens with one attached hydrogen (secondary N) is 2. The minimum atomic E-state index is -1.60. The highest BCUT2D eigenvalue weighted by Gasteiger charge is 2.53. The molecule has 17 atom stereocenters. The molecular formula is C48H76N4O14. The molecule has 4 aliphatic heterocycles. The van der Waals surface area contributed by atoms with Crippen LogP contribution < -0.4 is 10.9 Å². The Balaban J connectivity index is 1.44. The lowest BCUT2D eigenvalue weighted by Gasteiger charge is -2.49. The van der Waals surface area contributed by atoms with Gasteiger partial charge < -0.3 is 53.0 Å². The van der Waals surface area contributed by atoms with Gasteiger partial charge in [-0.3, -0.25) is 19.9 Å². The topological polar surface area (TPSA) is 213 Å². The first-order valence-corrected chi connectivity index (χ1v) is 23.4. The third kappa shape index (κ3) is 13.2. The highest BCUT2D eigenvalue weighted by Crippen LogP contribution is 2.42. The highest BCUT2D eigenvalue weighted by atomic mass is 16.8. The second-order valence-electron chi connectivity index (χ2n) is 20.2. The molecule has 0 spiro atoms. The summed E-state index contributed by atoms with van der Waals surface area (Å²) in [6, 6.07) is 8.57. The highest BCUT2D eigenvalue weighted by molar-refractivity contribution is 5.92. The minimum Gasteiger partial charge on any atom is -0.458 e. The quantitative estimate of drug-likeness (QED) is 0.113. The van der Waals surface area contributed by atoms with Gasteiger partial charge >= 0.3 is 18.2 Å². The lowest BCUT2D eigenvalue weighted by atomic mass is 9.77. The zero-order valence-electron chi connectivity index (χ0n) is 41.0. The van der Waals surface area contributed by atoms with Crippen molar-refractivity contribution < 1.29 is 67.3 Å². The smallest absolute Gasteiger partial charge is 0.458 e. The van der Waals surface area contributed by atoms with E-state index >= 15 is 0 Å². The molecule has 4 fully saturated rings. The van der Waals surface area contributed by atoms with Crippen molar-refractivity contribution in [1.82, 2.24) is 20.7 Å². The van der Waals surface area contributed by atoms with E-state index in [1.807, 2.05) is 110 Å². The lowest BCUT2D eigenvalue weighted by molar-refractivity contribution is -0.312. The molecule has 18 heteroatoms. The fraction of sp³-hybridized carbons (Fsp3) is 0.750. The summed E-state index contributed by atoms with van der Waals surface area (Å²) in [5.74, 6) is -3.17. The number of likely N-dealkylation sites (N-methyl/N-ethyl adjacent to an activating group) is 2. The van der Waals surface area contributed by atoms with Crippen LogP contribution in [0.2, 0.25) is 0 Å². The molecule has 4 aliphatic rings. The Morgan fingerprint density at radius 3 is 2.23 bits per heavy atom. The number of fused-ring (bicyclic) bond motifs is 1. The number of hydrazine groups is 1. The molecule has 0 saturated carbocycles. The average Bonchev–Trinajstić information content (AvgIpc) is 3.64. The Bertz CT molecular complexity index is 1820. The van der Waals surface area contributed by atoms with Gasteiger partial charge in [0.2, 0.25) is 0 Å². The van der Waals surface area contributed by atoms with Crippen LogP contribution in [0.1, 0.15) is 100 Å². The van der Waals surface area contributed by atoms with E-state index in [1.54, 1.807) is 26.8 Å². The molecule has 1 aromatic carbocycles. The molecule has 4 saturated heterocycles. The maximum atomic E-state index is 14.5. The fourth-order valence-electron chi connectivity index (χ4n) is 10.2. The molecule has 5 rings (SSSR count). The number of carbonyl (C=O) groups excluding carboxylic acids is 4. The average molecular weight is 933 g/mol. The summed E-state index contributed by atoms with van der Waals surface area (Å²) in [4.78, 5) is 56.6. The van der Waals surface area contributed by atoms with Crippen molar-refractivity contribution in [3.05, 3.63) is 42.0 Å². The molecule has 4 N–H and O–H groups in total. The normalized spacial score (nSPS) is 39.4. The van der Waals surface area contributed by atoms with Gasteiger partial charge in [0.15, 0.2) is 24.8 Å². The summed E-state index contributed by atoms with van der Waals surface area (Å²) in [7, 11) is 5.66. The summed E-state index contributed by atoms with van der Waals surface area (Å²) < 4.78 is 49.8. The fourth-order valence-corrected chi connectivity index (χ4v) is 10.2. The van der Waals surface area contributed by atoms with E-state index in [-0.39, 0.29) is 36.9 Å². The van der Waals surface area contributed by atoms with Crippen molar-refractivity contribution in [3.63, 3.8) is 0 Å². The molecule has 0 aliphatic carbocycles. The Hall–Kier alpha value is -3.88. The molecule has 4 heterocycles. The van der Waals surface area contributed by atoms with Crippen molar-refractivity contribution in [1.29, 1.82) is 0 Å². The number of ether oxygens (including phenoxy) is 8. The zero-order chi connectivity index (χ0) is 48.8. The first-order valence-electron chi connectivity index (χ1n) is 23.4. The number of benzene rings is 1. The zero-order valence-corrected chi connectivity index (χ0v) is 41.0. The van der Waals surface area contributed by atoms with Gasteiger partial charge in [0.05, 0.1) is 35.9 Å². The van der Waals surface area contributed by atoms with E-state index in [0.29, 0.717) is 19.4 Å². The largest absolute Gasteiger partial charge is 0.509 e. The van der Waals surface area contributed by atoms with Gasteiger partial charge in [-0.2, -0.15) is 0 Å². The molecule has 0 unspecified atom stereocenters. The number of cyclic esters (lactones) is 1. The van der Waals surface area contributed by atoms with Crippen molar-refractivity contribution in [2.24, 2.45) is 23.2 Å². The number of aliphatic hydroxyl groups is 2. The van der Waals surface area contributed by atoms with Crippen LogP contribution in [-0.4, -0.2) is 157 Å². The van der Waals surface area contributed by atoms with E-state index < -0.39 is 108 Å². The number of nitrogens with zero attached hydrogens (tertiary/aromatic N) is 2. The second kappa shape index (κ2) is 22.5. The Kier molecular flexibility index (Phi) is 18.1. The van der Waals surface area contributed by atoms with Gasteiger partial charge in [-0.1, -0.05) is 65.0 Å². The first-order chi connectivity index (χ1) is 30.9. The van der Waals surface area contributed by atoms with Gasteiger partial charge in [-0.05, 0) is 92.6 Å². The molecule has 0 radical (unpaired) electrons. The summed E-state index contributed by atoms with van der Waals surface area (Å²) in [6.07, 6.45) is -7.20. The number of rotatable bonds is 9. The summed E-state index contributed by atoms with van der Waals surface area (Å²) in [5, 5.41) is 24.4. The van der Waals surface area contributed by atoms with Crippen molar-refractivity contribution >= 4 is 30.2 Å². The lowest BCUT2D eigenvalue weighted by Crippen LogP contribution is -2.60. The van der Waals surface area contributed by atoms with Crippen molar-refractivity contribution in [2.75, 3.05) is 27.7 Å². The molecular weight excluding hydrogens is 857 g/mol. The van der Waals surface area contributed by atoms with Crippen LogP contribution in [0.25, 0.3) is 6.08 Å². The maximum Gasteiger partial charge on any atom is 0.509 e. The SMILES string of the molecule is CC[C@H]1OC(=O)[C@H](C)[C@@H](O[C@H]2CC(C)(C)[C@@H](OC(=O)NNC(=O)/C=C/c3ccccc3)[C@H](C)O2)[C@H](C)[C@@H](O[C@@H]2O[C@H](C)C[C@H](N(C)C)[C@H]2O)[C@@](C)(O)C[C@@H](C)CN(C)[C@H](C)[C@H]2OC(=O)O[C@H]21. The van der Waals surface area contributed by atoms with Gasteiger partial charge in [0.1, 0.15) is 18.3 Å². The molecule has 2 amide bonds. The predicted octanol–water partition coefficient (Wildman–Crippen LogP) is 4.79. The van der Waals surface area contributed by atoms with Gasteiger partial charge in [0, 0.05) is 42.5 Å². The van der Waals surface area contributed by atoms with E-state index in [2.05, 4.69) is 10.9 Å². The summed E-state index contributed by atoms with van der Waals surface area (Å²) in [6.45, 7) is 18.9.